The van der Waals surface area contributed by atoms with E-state index in [9.17, 15) is 23.1 Å². The summed E-state index contributed by atoms with van der Waals surface area (Å²) in [7, 11) is -4.24. The van der Waals surface area contributed by atoms with Crippen molar-refractivity contribution in [2.24, 2.45) is 0 Å². The molecular formula is C9H16O7S. The van der Waals surface area contributed by atoms with E-state index in [1.807, 2.05) is 0 Å². The molecule has 100 valence electrons. The number of aliphatic hydroxyl groups is 1. The van der Waals surface area contributed by atoms with E-state index < -0.39 is 39.8 Å². The van der Waals surface area contributed by atoms with Gasteiger partial charge in [-0.1, -0.05) is 6.92 Å². The number of esters is 1. The normalized spacial score (nSPS) is 15.1. The van der Waals surface area contributed by atoms with Gasteiger partial charge in [-0.2, -0.15) is 8.42 Å². The SMILES string of the molecule is CCCC(=O)C(C)(O)C(=O)OCCS(=O)(=O)O. The van der Waals surface area contributed by atoms with Gasteiger partial charge in [0.15, 0.2) is 5.78 Å². The molecular weight excluding hydrogens is 252 g/mol. The highest BCUT2D eigenvalue weighted by atomic mass is 32.2. The average Bonchev–Trinajstić information content (AvgIpc) is 2.15. The van der Waals surface area contributed by atoms with Crippen molar-refractivity contribution < 1.29 is 32.4 Å². The molecule has 0 aliphatic heterocycles. The van der Waals surface area contributed by atoms with Crippen molar-refractivity contribution in [3.63, 3.8) is 0 Å². The van der Waals surface area contributed by atoms with Crippen LogP contribution < -0.4 is 0 Å². The first-order valence-electron chi connectivity index (χ1n) is 4.99. The van der Waals surface area contributed by atoms with Gasteiger partial charge in [0.25, 0.3) is 10.1 Å². The monoisotopic (exact) mass is 268 g/mol. The summed E-state index contributed by atoms with van der Waals surface area (Å²) in [6.07, 6.45) is 0.480. The molecule has 0 aliphatic rings. The topological polar surface area (TPSA) is 118 Å². The summed E-state index contributed by atoms with van der Waals surface area (Å²) >= 11 is 0. The van der Waals surface area contributed by atoms with Gasteiger partial charge < -0.3 is 9.84 Å². The minimum Gasteiger partial charge on any atom is -0.462 e. The maximum Gasteiger partial charge on any atom is 0.345 e. The highest BCUT2D eigenvalue weighted by molar-refractivity contribution is 7.85. The maximum absolute atomic E-state index is 11.3. The van der Waals surface area contributed by atoms with E-state index in [0.29, 0.717) is 6.42 Å². The molecule has 0 aromatic carbocycles. The Labute approximate surface area is 99.5 Å². The fourth-order valence-corrected chi connectivity index (χ4v) is 1.26. The average molecular weight is 268 g/mol. The van der Waals surface area contributed by atoms with Crippen molar-refractivity contribution >= 4 is 21.9 Å². The van der Waals surface area contributed by atoms with Crippen LogP contribution >= 0.6 is 0 Å². The van der Waals surface area contributed by atoms with E-state index >= 15 is 0 Å². The van der Waals surface area contributed by atoms with Gasteiger partial charge in [0.1, 0.15) is 12.4 Å². The van der Waals surface area contributed by atoms with Crippen LogP contribution in [0.2, 0.25) is 0 Å². The minimum absolute atomic E-state index is 0.0143. The first-order chi connectivity index (χ1) is 7.61. The van der Waals surface area contributed by atoms with E-state index in [-0.39, 0.29) is 6.42 Å². The standard InChI is InChI=1S/C9H16O7S/c1-3-4-7(10)9(2,12)8(11)16-5-6-17(13,14)15/h12H,3-6H2,1-2H3,(H,13,14,15). The summed E-state index contributed by atoms with van der Waals surface area (Å²) in [5, 5.41) is 9.58. The zero-order chi connectivity index (χ0) is 13.7. The first kappa shape index (κ1) is 16.0. The summed E-state index contributed by atoms with van der Waals surface area (Å²) in [6, 6.07) is 0. The molecule has 0 radical (unpaired) electrons. The Morgan fingerprint density at radius 3 is 2.29 bits per heavy atom. The Balaban J connectivity index is 4.35. The lowest BCUT2D eigenvalue weighted by Gasteiger charge is -2.19. The lowest BCUT2D eigenvalue weighted by molar-refractivity contribution is -0.168. The van der Waals surface area contributed by atoms with E-state index in [0.717, 1.165) is 6.92 Å². The van der Waals surface area contributed by atoms with Crippen LogP contribution in [0.3, 0.4) is 0 Å². The Bertz CT molecular complexity index is 382. The molecule has 0 heterocycles. The summed E-state index contributed by atoms with van der Waals surface area (Å²) in [5.74, 6) is -2.70. The number of ketones is 1. The molecule has 0 saturated carbocycles. The van der Waals surface area contributed by atoms with Gasteiger partial charge in [-0.25, -0.2) is 4.79 Å². The maximum atomic E-state index is 11.3. The second-order valence-corrected chi connectivity index (χ2v) is 5.24. The number of rotatable bonds is 7. The zero-order valence-corrected chi connectivity index (χ0v) is 10.5. The van der Waals surface area contributed by atoms with E-state index in [2.05, 4.69) is 4.74 Å². The van der Waals surface area contributed by atoms with Crippen molar-refractivity contribution in [1.29, 1.82) is 0 Å². The summed E-state index contributed by atoms with van der Waals surface area (Å²) in [5.41, 5.74) is -2.28. The molecule has 8 heteroatoms. The van der Waals surface area contributed by atoms with Crippen LogP contribution in [0.15, 0.2) is 0 Å². The van der Waals surface area contributed by atoms with Gasteiger partial charge in [0.2, 0.25) is 5.60 Å². The van der Waals surface area contributed by atoms with Gasteiger partial charge in [-0.3, -0.25) is 9.35 Å². The smallest absolute Gasteiger partial charge is 0.345 e. The van der Waals surface area contributed by atoms with E-state index in [1.165, 1.54) is 0 Å². The third-order valence-corrected chi connectivity index (χ3v) is 2.67. The van der Waals surface area contributed by atoms with Crippen molar-refractivity contribution in [2.75, 3.05) is 12.4 Å². The van der Waals surface area contributed by atoms with Crippen LogP contribution in [0.1, 0.15) is 26.7 Å². The number of carbonyl (C=O) groups excluding carboxylic acids is 2. The van der Waals surface area contributed by atoms with Crippen molar-refractivity contribution in [2.45, 2.75) is 32.3 Å². The summed E-state index contributed by atoms with van der Waals surface area (Å²) in [6.45, 7) is 2.08. The molecule has 0 aromatic rings. The third kappa shape index (κ3) is 5.76. The van der Waals surface area contributed by atoms with E-state index in [1.54, 1.807) is 6.92 Å². The highest BCUT2D eigenvalue weighted by Crippen LogP contribution is 2.11. The second kappa shape index (κ2) is 6.08. The van der Waals surface area contributed by atoms with Gasteiger partial charge in [-0.05, 0) is 13.3 Å². The van der Waals surface area contributed by atoms with Crippen molar-refractivity contribution in [3.05, 3.63) is 0 Å². The zero-order valence-electron chi connectivity index (χ0n) is 9.67. The van der Waals surface area contributed by atoms with Crippen LogP contribution in [-0.4, -0.2) is 47.8 Å². The largest absolute Gasteiger partial charge is 0.462 e. The van der Waals surface area contributed by atoms with Crippen LogP contribution in [0, 0.1) is 0 Å². The van der Waals surface area contributed by atoms with Crippen molar-refractivity contribution in [1.82, 2.24) is 0 Å². The van der Waals surface area contributed by atoms with Crippen LogP contribution in [0.5, 0.6) is 0 Å². The molecule has 0 spiro atoms. The number of hydrogen-bond acceptors (Lipinski definition) is 6. The molecule has 0 bridgehead atoms. The molecule has 0 fully saturated rings. The van der Waals surface area contributed by atoms with Gasteiger partial charge >= 0.3 is 5.97 Å². The highest BCUT2D eigenvalue weighted by Gasteiger charge is 2.39. The van der Waals surface area contributed by atoms with E-state index in [4.69, 9.17) is 4.55 Å². The quantitative estimate of drug-likeness (QED) is 0.364. The number of ether oxygens (including phenoxy) is 1. The minimum atomic E-state index is -4.24. The van der Waals surface area contributed by atoms with Gasteiger partial charge in [0.05, 0.1) is 0 Å². The van der Waals surface area contributed by atoms with Gasteiger partial charge in [-0.15, -0.1) is 0 Å². The number of hydrogen-bond donors (Lipinski definition) is 2. The Morgan fingerprint density at radius 1 is 1.35 bits per heavy atom. The first-order valence-corrected chi connectivity index (χ1v) is 6.60. The Morgan fingerprint density at radius 2 is 1.88 bits per heavy atom. The summed E-state index contributed by atoms with van der Waals surface area (Å²) < 4.78 is 33.4. The molecule has 0 saturated heterocycles. The van der Waals surface area contributed by atoms with Crippen LogP contribution in [0.25, 0.3) is 0 Å². The number of carbonyl (C=O) groups is 2. The molecule has 1 unspecified atom stereocenters. The predicted octanol–water partition coefficient (Wildman–Crippen LogP) is -0.462. The Hall–Kier alpha value is -0.990. The molecule has 0 aliphatic carbocycles. The van der Waals surface area contributed by atoms with Gasteiger partial charge in [0, 0.05) is 6.42 Å². The predicted molar refractivity (Wildman–Crippen MR) is 57.9 cm³/mol. The lowest BCUT2D eigenvalue weighted by Crippen LogP contribution is -2.45. The summed E-state index contributed by atoms with van der Waals surface area (Å²) in [4.78, 5) is 22.6. The fourth-order valence-electron chi connectivity index (χ4n) is 0.965. The second-order valence-electron chi connectivity index (χ2n) is 3.67. The fraction of sp³-hybridized carbons (Fsp3) is 0.778. The van der Waals surface area contributed by atoms with Crippen molar-refractivity contribution in [3.8, 4) is 0 Å². The van der Waals surface area contributed by atoms with Crippen LogP contribution in [-0.2, 0) is 24.4 Å². The van der Waals surface area contributed by atoms with Crippen LogP contribution in [0.4, 0.5) is 0 Å². The molecule has 0 amide bonds. The molecule has 2 N–H and O–H groups in total. The molecule has 1 atom stereocenters. The molecule has 0 aromatic heterocycles. The molecule has 7 nitrogen and oxygen atoms in total. The molecule has 0 rings (SSSR count). The lowest BCUT2D eigenvalue weighted by atomic mass is 9.98. The number of Topliss-reactive ketones (excluding diaryl/α,β-unsaturated/α-hetero) is 1. The molecule has 17 heavy (non-hydrogen) atoms. The Kier molecular flexibility index (Phi) is 5.73. The third-order valence-electron chi connectivity index (χ3n) is 1.99.